The Morgan fingerprint density at radius 3 is 2.71 bits per heavy atom. The van der Waals surface area contributed by atoms with E-state index in [2.05, 4.69) is 15.5 Å². The van der Waals surface area contributed by atoms with Crippen LogP contribution in [0.5, 0.6) is 0 Å². The van der Waals surface area contributed by atoms with Crippen molar-refractivity contribution in [2.45, 2.75) is 13.3 Å². The van der Waals surface area contributed by atoms with E-state index in [-0.39, 0.29) is 11.9 Å². The molecule has 1 rings (SSSR count). The molecule has 1 N–H and O–H groups in total. The third-order valence-corrected chi connectivity index (χ3v) is 1.48. The Bertz CT molecular complexity index is 308. The lowest BCUT2D eigenvalue weighted by Gasteiger charge is -2.06. The first-order valence-electron chi connectivity index (χ1n) is 4.38. The van der Waals surface area contributed by atoms with Gasteiger partial charge in [-0.15, -0.1) is 5.10 Å². The smallest absolute Gasteiger partial charge is 0.322 e. The molecule has 0 radical (unpaired) electrons. The van der Waals surface area contributed by atoms with Crippen LogP contribution in [0.4, 0.5) is 6.01 Å². The van der Waals surface area contributed by atoms with Crippen molar-refractivity contribution < 1.29 is 9.21 Å². The van der Waals surface area contributed by atoms with Crippen molar-refractivity contribution in [3.05, 3.63) is 5.89 Å². The lowest BCUT2D eigenvalue weighted by molar-refractivity contribution is -0.116. The van der Waals surface area contributed by atoms with Gasteiger partial charge in [-0.25, -0.2) is 0 Å². The first-order chi connectivity index (χ1) is 6.61. The number of nitrogens with zero attached hydrogens (tertiary/aromatic N) is 3. The molecule has 0 bridgehead atoms. The average molecular weight is 198 g/mol. The number of carbonyl (C=O) groups excluding carboxylic acids is 1. The normalized spacial score (nSPS) is 10.6. The van der Waals surface area contributed by atoms with Gasteiger partial charge in [-0.05, 0) is 14.1 Å². The quantitative estimate of drug-likeness (QED) is 0.744. The minimum absolute atomic E-state index is 0.161. The van der Waals surface area contributed by atoms with Crippen LogP contribution in [-0.4, -0.2) is 41.6 Å². The second-order valence-corrected chi connectivity index (χ2v) is 3.14. The summed E-state index contributed by atoms with van der Waals surface area (Å²) in [7, 11) is 3.62. The maximum Gasteiger partial charge on any atom is 0.322 e. The number of anilines is 1. The van der Waals surface area contributed by atoms with Crippen molar-refractivity contribution >= 4 is 11.9 Å². The summed E-state index contributed by atoms with van der Waals surface area (Å²) in [6, 6.07) is 0.161. The summed E-state index contributed by atoms with van der Waals surface area (Å²) >= 11 is 0. The molecule has 1 amide bonds. The zero-order valence-corrected chi connectivity index (χ0v) is 8.57. The van der Waals surface area contributed by atoms with Crippen LogP contribution >= 0.6 is 0 Å². The molecule has 0 aromatic carbocycles. The van der Waals surface area contributed by atoms with Crippen LogP contribution in [0.3, 0.4) is 0 Å². The standard InChI is InChI=1S/C8H14N4O2/c1-4-7-10-11-8(14-7)9-6(13)5-12(2)3/h4-5H2,1-3H3,(H,9,11,13). The Labute approximate surface area is 82.3 Å². The molecule has 0 aliphatic carbocycles. The molecular weight excluding hydrogens is 184 g/mol. The maximum absolute atomic E-state index is 11.2. The largest absolute Gasteiger partial charge is 0.408 e. The predicted molar refractivity (Wildman–Crippen MR) is 50.9 cm³/mol. The van der Waals surface area contributed by atoms with E-state index >= 15 is 0 Å². The van der Waals surface area contributed by atoms with Gasteiger partial charge in [0.1, 0.15) is 0 Å². The molecule has 1 aromatic rings. The van der Waals surface area contributed by atoms with Crippen molar-refractivity contribution in [3.63, 3.8) is 0 Å². The number of hydrogen-bond donors (Lipinski definition) is 1. The molecule has 0 saturated heterocycles. The molecule has 1 heterocycles. The molecule has 0 atom stereocenters. The Balaban J connectivity index is 2.47. The third kappa shape index (κ3) is 3.14. The lowest BCUT2D eigenvalue weighted by Crippen LogP contribution is -2.27. The Hall–Kier alpha value is -1.43. The van der Waals surface area contributed by atoms with Crippen LogP contribution < -0.4 is 5.32 Å². The van der Waals surface area contributed by atoms with Gasteiger partial charge in [0.05, 0.1) is 6.54 Å². The molecule has 0 unspecified atom stereocenters. The first kappa shape index (κ1) is 10.6. The molecule has 6 heteroatoms. The summed E-state index contributed by atoms with van der Waals surface area (Å²) in [5.41, 5.74) is 0. The fourth-order valence-corrected chi connectivity index (χ4v) is 0.893. The fraction of sp³-hybridized carbons (Fsp3) is 0.625. The highest BCUT2D eigenvalue weighted by molar-refractivity contribution is 5.90. The molecule has 0 aliphatic rings. The van der Waals surface area contributed by atoms with E-state index in [0.717, 1.165) is 0 Å². The highest BCUT2D eigenvalue weighted by Crippen LogP contribution is 2.05. The third-order valence-electron chi connectivity index (χ3n) is 1.48. The monoisotopic (exact) mass is 198 g/mol. The van der Waals surface area contributed by atoms with Gasteiger partial charge in [0.2, 0.25) is 11.8 Å². The van der Waals surface area contributed by atoms with Crippen LogP contribution in [-0.2, 0) is 11.2 Å². The molecule has 14 heavy (non-hydrogen) atoms. The summed E-state index contributed by atoms with van der Waals surface area (Å²) in [4.78, 5) is 13.0. The van der Waals surface area contributed by atoms with Crippen LogP contribution in [0, 0.1) is 0 Å². The number of amides is 1. The molecule has 0 saturated carbocycles. The summed E-state index contributed by atoms with van der Waals surface area (Å²) in [5.74, 6) is 0.353. The van der Waals surface area contributed by atoms with Gasteiger partial charge >= 0.3 is 6.01 Å². The number of likely N-dealkylation sites (N-methyl/N-ethyl adjacent to an activating group) is 1. The number of aromatic nitrogens is 2. The summed E-state index contributed by atoms with van der Waals surface area (Å²) in [5, 5.41) is 9.90. The molecule has 78 valence electrons. The lowest BCUT2D eigenvalue weighted by atomic mass is 10.5. The minimum Gasteiger partial charge on any atom is -0.408 e. The molecule has 6 nitrogen and oxygen atoms in total. The Morgan fingerprint density at radius 1 is 1.50 bits per heavy atom. The van der Waals surface area contributed by atoms with Gasteiger partial charge < -0.3 is 9.32 Å². The number of carbonyl (C=O) groups is 1. The first-order valence-corrected chi connectivity index (χ1v) is 4.38. The van der Waals surface area contributed by atoms with E-state index in [1.165, 1.54) is 0 Å². The number of nitrogens with one attached hydrogen (secondary N) is 1. The van der Waals surface area contributed by atoms with E-state index in [0.29, 0.717) is 18.9 Å². The van der Waals surface area contributed by atoms with E-state index in [9.17, 15) is 4.79 Å². The minimum atomic E-state index is -0.165. The second-order valence-electron chi connectivity index (χ2n) is 3.14. The van der Waals surface area contributed by atoms with Crippen LogP contribution in [0.2, 0.25) is 0 Å². The van der Waals surface area contributed by atoms with E-state index < -0.39 is 0 Å². The van der Waals surface area contributed by atoms with Gasteiger partial charge in [0.25, 0.3) is 0 Å². The topological polar surface area (TPSA) is 71.3 Å². The van der Waals surface area contributed by atoms with Crippen molar-refractivity contribution in [3.8, 4) is 0 Å². The van der Waals surface area contributed by atoms with Gasteiger partial charge in [-0.1, -0.05) is 12.0 Å². The van der Waals surface area contributed by atoms with Crippen LogP contribution in [0.15, 0.2) is 4.42 Å². The molecule has 0 fully saturated rings. The van der Waals surface area contributed by atoms with E-state index in [1.54, 1.807) is 4.90 Å². The molecule has 1 aromatic heterocycles. The number of rotatable bonds is 4. The van der Waals surface area contributed by atoms with E-state index in [4.69, 9.17) is 4.42 Å². The second kappa shape index (κ2) is 4.71. The fourth-order valence-electron chi connectivity index (χ4n) is 0.893. The van der Waals surface area contributed by atoms with Gasteiger partial charge in [0.15, 0.2) is 0 Å². The zero-order chi connectivity index (χ0) is 10.6. The van der Waals surface area contributed by atoms with Gasteiger partial charge in [0, 0.05) is 6.42 Å². The predicted octanol–water partition coefficient (Wildman–Crippen LogP) is 0.132. The number of hydrogen-bond acceptors (Lipinski definition) is 5. The Morgan fingerprint density at radius 2 is 2.21 bits per heavy atom. The highest BCUT2D eigenvalue weighted by Gasteiger charge is 2.08. The summed E-state index contributed by atoms with van der Waals surface area (Å²) in [6.45, 7) is 2.20. The molecule has 0 spiro atoms. The van der Waals surface area contributed by atoms with Crippen molar-refractivity contribution in [2.24, 2.45) is 0 Å². The molecule has 0 aliphatic heterocycles. The van der Waals surface area contributed by atoms with Crippen molar-refractivity contribution in [1.29, 1.82) is 0 Å². The van der Waals surface area contributed by atoms with Gasteiger partial charge in [-0.2, -0.15) is 0 Å². The average Bonchev–Trinajstić information content (AvgIpc) is 2.50. The summed E-state index contributed by atoms with van der Waals surface area (Å²) in [6.07, 6.45) is 0.663. The van der Waals surface area contributed by atoms with Gasteiger partial charge in [-0.3, -0.25) is 10.1 Å². The van der Waals surface area contributed by atoms with E-state index in [1.807, 2.05) is 21.0 Å². The van der Waals surface area contributed by atoms with Crippen LogP contribution in [0.25, 0.3) is 0 Å². The zero-order valence-electron chi connectivity index (χ0n) is 8.57. The van der Waals surface area contributed by atoms with Crippen molar-refractivity contribution in [1.82, 2.24) is 15.1 Å². The Kier molecular flexibility index (Phi) is 3.58. The number of aryl methyl sites for hydroxylation is 1. The molecular formula is C8H14N4O2. The summed E-state index contributed by atoms with van der Waals surface area (Å²) < 4.78 is 5.11. The maximum atomic E-state index is 11.2. The highest BCUT2D eigenvalue weighted by atomic mass is 16.4. The van der Waals surface area contributed by atoms with Crippen LogP contribution in [0.1, 0.15) is 12.8 Å². The SMILES string of the molecule is CCc1nnc(NC(=O)CN(C)C)o1. The van der Waals surface area contributed by atoms with Crippen molar-refractivity contribution in [2.75, 3.05) is 26.0 Å².